The summed E-state index contributed by atoms with van der Waals surface area (Å²) in [6.07, 6.45) is 5.71. The van der Waals surface area contributed by atoms with Crippen LogP contribution in [0.1, 0.15) is 5.56 Å². The number of para-hydroxylation sites is 4. The van der Waals surface area contributed by atoms with E-state index >= 15 is 0 Å². The van der Waals surface area contributed by atoms with E-state index in [1.54, 1.807) is 0 Å². The molecule has 47 heavy (non-hydrogen) atoms. The summed E-state index contributed by atoms with van der Waals surface area (Å²) >= 11 is 0. The Labute approximate surface area is 273 Å². The minimum absolute atomic E-state index is 0.858. The van der Waals surface area contributed by atoms with Crippen LogP contribution in [0.5, 0.6) is 0 Å². The van der Waals surface area contributed by atoms with Crippen LogP contribution in [0.25, 0.3) is 55.0 Å². The molecule has 2 heterocycles. The minimum atomic E-state index is 0.858. The maximum Gasteiger partial charge on any atom is 0.0541 e. The number of hydrogen-bond donors (Lipinski definition) is 0. The van der Waals surface area contributed by atoms with Crippen LogP contribution in [0.3, 0.4) is 0 Å². The van der Waals surface area contributed by atoms with Crippen molar-refractivity contribution in [3.8, 4) is 23.7 Å². The summed E-state index contributed by atoms with van der Waals surface area (Å²) in [7, 11) is 0. The lowest BCUT2D eigenvalue weighted by atomic mass is 10.1. The van der Waals surface area contributed by atoms with Gasteiger partial charge in [0, 0.05) is 55.5 Å². The molecule has 0 spiro atoms. The second-order valence-electron chi connectivity index (χ2n) is 11.8. The molecule has 0 bridgehead atoms. The molecule has 0 aliphatic heterocycles. The second-order valence-corrected chi connectivity index (χ2v) is 11.8. The molecule has 0 saturated carbocycles. The zero-order valence-corrected chi connectivity index (χ0v) is 25.6. The fraction of sp³-hybridized carbons (Fsp3) is 0. The van der Waals surface area contributed by atoms with Crippen LogP contribution in [0.15, 0.2) is 170 Å². The smallest absolute Gasteiger partial charge is 0.0541 e. The van der Waals surface area contributed by atoms with E-state index in [2.05, 4.69) is 178 Å². The molecule has 0 radical (unpaired) electrons. The minimum Gasteiger partial charge on any atom is -0.311 e. The molecule has 7 aromatic carbocycles. The highest BCUT2D eigenvalue weighted by molar-refractivity contribution is 6.10. The van der Waals surface area contributed by atoms with E-state index in [1.807, 2.05) is 12.1 Å². The lowest BCUT2D eigenvalue weighted by molar-refractivity contribution is 1.17. The van der Waals surface area contributed by atoms with Crippen molar-refractivity contribution in [2.45, 2.75) is 0 Å². The predicted octanol–water partition coefficient (Wildman–Crippen LogP) is 11.3. The molecular weight excluding hydrogens is 571 g/mol. The van der Waals surface area contributed by atoms with Crippen molar-refractivity contribution in [1.82, 2.24) is 9.13 Å². The van der Waals surface area contributed by atoms with Gasteiger partial charge in [-0.2, -0.15) is 0 Å². The summed E-state index contributed by atoms with van der Waals surface area (Å²) in [4.78, 5) is 2.28. The van der Waals surface area contributed by atoms with Crippen molar-refractivity contribution < 1.29 is 0 Å². The average molecular weight is 600 g/mol. The topological polar surface area (TPSA) is 13.1 Å². The van der Waals surface area contributed by atoms with Crippen molar-refractivity contribution in [3.05, 3.63) is 175 Å². The monoisotopic (exact) mass is 599 g/mol. The van der Waals surface area contributed by atoms with E-state index in [1.165, 1.54) is 43.6 Å². The molecule has 3 nitrogen and oxygen atoms in total. The van der Waals surface area contributed by atoms with Crippen LogP contribution in [0.2, 0.25) is 0 Å². The largest absolute Gasteiger partial charge is 0.311 e. The maximum atomic E-state index is 5.71. The van der Waals surface area contributed by atoms with Crippen LogP contribution < -0.4 is 4.90 Å². The van der Waals surface area contributed by atoms with Gasteiger partial charge >= 0.3 is 0 Å². The van der Waals surface area contributed by atoms with Crippen molar-refractivity contribution in [1.29, 1.82) is 0 Å². The van der Waals surface area contributed by atoms with E-state index in [0.717, 1.165) is 34.0 Å². The van der Waals surface area contributed by atoms with E-state index in [9.17, 15) is 0 Å². The van der Waals surface area contributed by atoms with Crippen LogP contribution in [-0.2, 0) is 0 Å². The molecule has 2 aromatic heterocycles. The van der Waals surface area contributed by atoms with Gasteiger partial charge in [0.25, 0.3) is 0 Å². The Morgan fingerprint density at radius 1 is 0.362 bits per heavy atom. The molecule has 3 heteroatoms. The molecule has 9 aromatic rings. The molecule has 0 unspecified atom stereocenters. The molecule has 0 amide bonds. The number of hydrogen-bond acceptors (Lipinski definition) is 1. The van der Waals surface area contributed by atoms with Gasteiger partial charge in [-0.15, -0.1) is 6.42 Å². The molecule has 0 N–H and O–H groups in total. The van der Waals surface area contributed by atoms with Gasteiger partial charge in [-0.25, -0.2) is 0 Å². The van der Waals surface area contributed by atoms with E-state index in [-0.39, 0.29) is 0 Å². The van der Waals surface area contributed by atoms with Gasteiger partial charge in [-0.3, -0.25) is 0 Å². The summed E-state index contributed by atoms with van der Waals surface area (Å²) in [5.41, 5.74) is 11.1. The van der Waals surface area contributed by atoms with Gasteiger partial charge in [0.05, 0.1) is 22.1 Å². The first-order valence-corrected chi connectivity index (χ1v) is 15.8. The Bertz CT molecular complexity index is 2350. The fourth-order valence-corrected chi connectivity index (χ4v) is 7.06. The first-order valence-electron chi connectivity index (χ1n) is 15.8. The molecule has 0 saturated heterocycles. The third-order valence-electron chi connectivity index (χ3n) is 9.18. The first kappa shape index (κ1) is 26.9. The van der Waals surface area contributed by atoms with Crippen LogP contribution >= 0.6 is 0 Å². The van der Waals surface area contributed by atoms with Gasteiger partial charge in [0.2, 0.25) is 0 Å². The van der Waals surface area contributed by atoms with E-state index in [4.69, 9.17) is 6.42 Å². The van der Waals surface area contributed by atoms with Gasteiger partial charge in [0.15, 0.2) is 0 Å². The highest BCUT2D eigenvalue weighted by atomic mass is 15.1. The van der Waals surface area contributed by atoms with Gasteiger partial charge < -0.3 is 14.0 Å². The van der Waals surface area contributed by atoms with E-state index in [0.29, 0.717) is 0 Å². The summed E-state index contributed by atoms with van der Waals surface area (Å²) in [5, 5.41) is 5.02. The number of aromatic nitrogens is 2. The van der Waals surface area contributed by atoms with Crippen LogP contribution in [0.4, 0.5) is 17.1 Å². The van der Waals surface area contributed by atoms with Crippen molar-refractivity contribution in [3.63, 3.8) is 0 Å². The van der Waals surface area contributed by atoms with E-state index < -0.39 is 0 Å². The summed E-state index contributed by atoms with van der Waals surface area (Å²) < 4.78 is 4.70. The summed E-state index contributed by atoms with van der Waals surface area (Å²) in [5.74, 6) is 2.75. The van der Waals surface area contributed by atoms with Crippen LogP contribution in [-0.4, -0.2) is 9.13 Å². The summed E-state index contributed by atoms with van der Waals surface area (Å²) in [6.45, 7) is 0. The number of benzene rings is 7. The zero-order chi connectivity index (χ0) is 31.3. The third kappa shape index (κ3) is 4.31. The van der Waals surface area contributed by atoms with Crippen LogP contribution in [0, 0.1) is 12.3 Å². The number of rotatable bonds is 5. The number of anilines is 3. The highest BCUT2D eigenvalue weighted by Gasteiger charge is 2.17. The second kappa shape index (κ2) is 10.8. The van der Waals surface area contributed by atoms with Gasteiger partial charge in [-0.05, 0) is 97.1 Å². The fourth-order valence-electron chi connectivity index (χ4n) is 7.06. The Morgan fingerprint density at radius 3 is 0.979 bits per heavy atom. The Morgan fingerprint density at radius 2 is 0.660 bits per heavy atom. The van der Waals surface area contributed by atoms with Gasteiger partial charge in [0.1, 0.15) is 0 Å². The Balaban J connectivity index is 1.16. The number of terminal acetylenes is 1. The molecule has 0 fully saturated rings. The molecule has 220 valence electrons. The number of nitrogens with zero attached hydrogens (tertiary/aromatic N) is 3. The molecule has 9 rings (SSSR count). The SMILES string of the molecule is C#Cc1ccc(N(c2ccc(-n3c4ccccc4c4ccccc43)cc2)c2ccc(-n3c4ccccc4c4ccccc43)cc2)cc1. The maximum absolute atomic E-state index is 5.71. The predicted molar refractivity (Wildman–Crippen MR) is 198 cm³/mol. The Hall–Kier alpha value is -6.50. The first-order chi connectivity index (χ1) is 23.3. The lowest BCUT2D eigenvalue weighted by Gasteiger charge is -2.26. The molecular formula is C44H29N3. The van der Waals surface area contributed by atoms with Crippen molar-refractivity contribution in [2.75, 3.05) is 4.90 Å². The van der Waals surface area contributed by atoms with Crippen molar-refractivity contribution in [2.24, 2.45) is 0 Å². The third-order valence-corrected chi connectivity index (χ3v) is 9.18. The van der Waals surface area contributed by atoms with Crippen molar-refractivity contribution >= 4 is 60.7 Å². The lowest BCUT2D eigenvalue weighted by Crippen LogP contribution is -2.10. The highest BCUT2D eigenvalue weighted by Crippen LogP contribution is 2.38. The molecule has 0 atom stereocenters. The average Bonchev–Trinajstić information content (AvgIpc) is 3.66. The van der Waals surface area contributed by atoms with Gasteiger partial charge in [-0.1, -0.05) is 78.7 Å². The normalized spacial score (nSPS) is 11.4. The molecule has 0 aliphatic rings. The molecule has 0 aliphatic carbocycles. The quantitative estimate of drug-likeness (QED) is 0.179. The Kier molecular flexibility index (Phi) is 6.19. The number of fused-ring (bicyclic) bond motifs is 6. The zero-order valence-electron chi connectivity index (χ0n) is 25.6. The standard InChI is InChI=1S/C44H29N3/c1-2-31-19-21-32(22-20-31)45(33-23-27-35(28-24-33)46-41-15-7-3-11-37(41)38-12-4-8-16-42(38)46)34-25-29-36(30-26-34)47-43-17-9-5-13-39(43)40-14-6-10-18-44(40)47/h1,3-30H. The summed E-state index contributed by atoms with van der Waals surface area (Å²) in [6, 6.07) is 60.3.